The number of fused-ring (bicyclic) bond motifs is 6. The first-order chi connectivity index (χ1) is 22.8. The highest BCUT2D eigenvalue weighted by Gasteiger charge is 2.17. The summed E-state index contributed by atoms with van der Waals surface area (Å²) in [7, 11) is 0. The van der Waals surface area contributed by atoms with E-state index >= 15 is 0 Å². The Morgan fingerprint density at radius 3 is 1.83 bits per heavy atom. The highest BCUT2D eigenvalue weighted by molar-refractivity contribution is 7.26. The number of thiophene rings is 1. The fraction of sp³-hybridized carbons (Fsp3) is 0. The SMILES string of the molecule is c1ccc(-c2ccc(N(c3ccc4ccc(-c5ccccc5)cc4c3)c3ccc4sc5ccc6cnccc6c5c4c3)cc2)cc1. The summed E-state index contributed by atoms with van der Waals surface area (Å²) in [6.07, 6.45) is 3.86. The summed E-state index contributed by atoms with van der Waals surface area (Å²) in [6.45, 7) is 0. The lowest BCUT2D eigenvalue weighted by Gasteiger charge is -2.26. The van der Waals surface area contributed by atoms with Crippen LogP contribution < -0.4 is 4.90 Å². The molecule has 0 unspecified atom stereocenters. The molecule has 0 amide bonds. The van der Waals surface area contributed by atoms with Gasteiger partial charge in [-0.2, -0.15) is 0 Å². The maximum absolute atomic E-state index is 4.38. The molecule has 9 rings (SSSR count). The molecule has 0 radical (unpaired) electrons. The summed E-state index contributed by atoms with van der Waals surface area (Å²) in [5.74, 6) is 0. The van der Waals surface area contributed by atoms with Gasteiger partial charge >= 0.3 is 0 Å². The van der Waals surface area contributed by atoms with Gasteiger partial charge in [0.15, 0.2) is 0 Å². The van der Waals surface area contributed by atoms with Crippen LogP contribution >= 0.6 is 11.3 Å². The van der Waals surface area contributed by atoms with E-state index in [1.54, 1.807) is 0 Å². The molecule has 0 saturated heterocycles. The zero-order chi connectivity index (χ0) is 30.5. The van der Waals surface area contributed by atoms with E-state index in [0.29, 0.717) is 0 Å². The zero-order valence-corrected chi connectivity index (χ0v) is 25.8. The van der Waals surface area contributed by atoms with Crippen molar-refractivity contribution in [3.63, 3.8) is 0 Å². The first kappa shape index (κ1) is 26.6. The summed E-state index contributed by atoms with van der Waals surface area (Å²) in [6, 6.07) is 57.1. The Morgan fingerprint density at radius 1 is 0.413 bits per heavy atom. The first-order valence-electron chi connectivity index (χ1n) is 15.5. The van der Waals surface area contributed by atoms with Crippen molar-refractivity contribution in [2.45, 2.75) is 0 Å². The Morgan fingerprint density at radius 2 is 1.02 bits per heavy atom. The van der Waals surface area contributed by atoms with Crippen LogP contribution in [0, 0.1) is 0 Å². The van der Waals surface area contributed by atoms with Crippen molar-refractivity contribution < 1.29 is 0 Å². The summed E-state index contributed by atoms with van der Waals surface area (Å²) in [5.41, 5.74) is 8.23. The number of pyridine rings is 1. The molecule has 0 N–H and O–H groups in total. The van der Waals surface area contributed by atoms with Gasteiger partial charge in [-0.25, -0.2) is 0 Å². The number of anilines is 3. The topological polar surface area (TPSA) is 16.1 Å². The zero-order valence-electron chi connectivity index (χ0n) is 25.0. The van der Waals surface area contributed by atoms with Crippen molar-refractivity contribution >= 4 is 70.1 Å². The van der Waals surface area contributed by atoms with Crippen LogP contribution in [0.3, 0.4) is 0 Å². The van der Waals surface area contributed by atoms with Crippen LogP contribution in [0.1, 0.15) is 0 Å². The standard InChI is InChI=1S/C43H28N2S/c1-3-7-29(8-4-1)31-13-17-36(18-14-31)45(37-19-15-32-11-12-33(25-35(32)26-37)30-9-5-2-6-10-30)38-20-22-41-40(27-38)43-39-23-24-44-28-34(39)16-21-42(43)46-41/h1-28H. The molecular formula is C43H28N2S. The Kier molecular flexibility index (Phi) is 6.36. The van der Waals surface area contributed by atoms with E-state index in [2.05, 4.69) is 168 Å². The molecular weight excluding hydrogens is 577 g/mol. The molecule has 46 heavy (non-hydrogen) atoms. The van der Waals surface area contributed by atoms with Gasteiger partial charge in [0.05, 0.1) is 0 Å². The van der Waals surface area contributed by atoms with E-state index in [0.717, 1.165) is 22.4 Å². The molecule has 2 heterocycles. The second-order valence-electron chi connectivity index (χ2n) is 11.7. The monoisotopic (exact) mass is 604 g/mol. The minimum absolute atomic E-state index is 1.12. The normalized spacial score (nSPS) is 11.5. The number of benzene rings is 7. The Balaban J connectivity index is 1.24. The third-order valence-corrected chi connectivity index (χ3v) is 10.1. The Labute approximate surface area is 271 Å². The molecule has 0 aliphatic heterocycles. The molecule has 2 nitrogen and oxygen atoms in total. The fourth-order valence-electron chi connectivity index (χ4n) is 6.64. The van der Waals surface area contributed by atoms with E-state index in [4.69, 9.17) is 0 Å². The van der Waals surface area contributed by atoms with Crippen LogP contribution in [0.2, 0.25) is 0 Å². The number of rotatable bonds is 5. The lowest BCUT2D eigenvalue weighted by atomic mass is 10.00. The molecule has 0 spiro atoms. The molecule has 0 aliphatic rings. The van der Waals surface area contributed by atoms with Gasteiger partial charge < -0.3 is 4.90 Å². The van der Waals surface area contributed by atoms with Gasteiger partial charge in [0, 0.05) is 55.0 Å². The minimum Gasteiger partial charge on any atom is -0.310 e. The predicted molar refractivity (Wildman–Crippen MR) is 198 cm³/mol. The molecule has 3 heteroatoms. The average Bonchev–Trinajstić information content (AvgIpc) is 3.51. The van der Waals surface area contributed by atoms with Crippen LogP contribution in [0.25, 0.3) is 64.0 Å². The van der Waals surface area contributed by atoms with Crippen LogP contribution in [0.15, 0.2) is 170 Å². The molecule has 9 aromatic rings. The van der Waals surface area contributed by atoms with Gasteiger partial charge in [0.1, 0.15) is 0 Å². The third kappa shape index (κ3) is 4.61. The molecule has 0 saturated carbocycles. The lowest BCUT2D eigenvalue weighted by molar-refractivity contribution is 1.30. The molecule has 0 aliphatic carbocycles. The molecule has 0 atom stereocenters. The summed E-state index contributed by atoms with van der Waals surface area (Å²) >= 11 is 1.85. The van der Waals surface area contributed by atoms with Crippen molar-refractivity contribution in [3.05, 3.63) is 170 Å². The highest BCUT2D eigenvalue weighted by atomic mass is 32.1. The van der Waals surface area contributed by atoms with E-state index in [-0.39, 0.29) is 0 Å². The van der Waals surface area contributed by atoms with Crippen molar-refractivity contribution in [1.29, 1.82) is 0 Å². The molecule has 7 aromatic carbocycles. The Hall–Kier alpha value is -5.77. The number of nitrogens with zero attached hydrogens (tertiary/aromatic N) is 2. The van der Waals surface area contributed by atoms with Gasteiger partial charge in [0.25, 0.3) is 0 Å². The number of aromatic nitrogens is 1. The molecule has 0 fully saturated rings. The molecule has 216 valence electrons. The van der Waals surface area contributed by atoms with Gasteiger partial charge in [-0.3, -0.25) is 4.98 Å². The van der Waals surface area contributed by atoms with E-state index in [1.807, 2.05) is 23.7 Å². The van der Waals surface area contributed by atoms with Crippen molar-refractivity contribution in [1.82, 2.24) is 4.98 Å². The van der Waals surface area contributed by atoms with Gasteiger partial charge in [-0.05, 0) is 99.1 Å². The van der Waals surface area contributed by atoms with Crippen LogP contribution in [-0.4, -0.2) is 4.98 Å². The largest absolute Gasteiger partial charge is 0.310 e. The quantitative estimate of drug-likeness (QED) is 0.194. The average molecular weight is 605 g/mol. The third-order valence-electron chi connectivity index (χ3n) is 8.91. The lowest BCUT2D eigenvalue weighted by Crippen LogP contribution is -2.09. The summed E-state index contributed by atoms with van der Waals surface area (Å²) in [5, 5.41) is 7.41. The molecule has 2 aromatic heterocycles. The minimum atomic E-state index is 1.12. The maximum atomic E-state index is 4.38. The maximum Gasteiger partial charge on any atom is 0.0468 e. The van der Waals surface area contributed by atoms with E-state index in [9.17, 15) is 0 Å². The van der Waals surface area contributed by atoms with E-state index in [1.165, 1.54) is 58.6 Å². The van der Waals surface area contributed by atoms with Crippen LogP contribution in [0.4, 0.5) is 17.1 Å². The first-order valence-corrected chi connectivity index (χ1v) is 16.3. The predicted octanol–water partition coefficient (Wildman–Crippen LogP) is 12.6. The Bertz CT molecular complexity index is 2520. The van der Waals surface area contributed by atoms with Gasteiger partial charge in [0.2, 0.25) is 0 Å². The van der Waals surface area contributed by atoms with Gasteiger partial charge in [-0.15, -0.1) is 11.3 Å². The van der Waals surface area contributed by atoms with Gasteiger partial charge in [-0.1, -0.05) is 97.1 Å². The van der Waals surface area contributed by atoms with Crippen LogP contribution in [0.5, 0.6) is 0 Å². The number of hydrogen-bond donors (Lipinski definition) is 0. The molecule has 0 bridgehead atoms. The van der Waals surface area contributed by atoms with Crippen molar-refractivity contribution in [3.8, 4) is 22.3 Å². The summed E-state index contributed by atoms with van der Waals surface area (Å²) < 4.78 is 2.58. The second-order valence-corrected chi connectivity index (χ2v) is 12.8. The smallest absolute Gasteiger partial charge is 0.0468 e. The fourth-order valence-corrected chi connectivity index (χ4v) is 7.74. The van der Waals surface area contributed by atoms with Crippen LogP contribution in [-0.2, 0) is 0 Å². The van der Waals surface area contributed by atoms with Crippen molar-refractivity contribution in [2.24, 2.45) is 0 Å². The second kappa shape index (κ2) is 11.0. The van der Waals surface area contributed by atoms with Crippen molar-refractivity contribution in [2.75, 3.05) is 4.90 Å². The highest BCUT2D eigenvalue weighted by Crippen LogP contribution is 2.43. The summed E-state index contributed by atoms with van der Waals surface area (Å²) in [4.78, 5) is 6.77. The number of hydrogen-bond acceptors (Lipinski definition) is 3. The van der Waals surface area contributed by atoms with E-state index < -0.39 is 0 Å².